The molecule has 0 spiro atoms. The van der Waals surface area contributed by atoms with Crippen LogP contribution in [0.2, 0.25) is 5.02 Å². The Labute approximate surface area is 199 Å². The van der Waals surface area contributed by atoms with Gasteiger partial charge in [-0.25, -0.2) is 9.18 Å². The molecule has 1 aliphatic heterocycles. The highest BCUT2D eigenvalue weighted by Crippen LogP contribution is 2.27. The molecule has 1 unspecified atom stereocenters. The number of hydrogen-bond donors (Lipinski definition) is 3. The fourth-order valence-electron chi connectivity index (χ4n) is 3.51. The van der Waals surface area contributed by atoms with Crippen LogP contribution in [0.25, 0.3) is 0 Å². The second-order valence-corrected chi connectivity index (χ2v) is 8.17. The molecule has 1 atom stereocenters. The quantitative estimate of drug-likeness (QED) is 0.554. The van der Waals surface area contributed by atoms with Crippen LogP contribution >= 0.6 is 11.6 Å². The van der Waals surface area contributed by atoms with Crippen LogP contribution < -0.4 is 16.2 Å². The third-order valence-corrected chi connectivity index (χ3v) is 5.56. The van der Waals surface area contributed by atoms with Crippen molar-refractivity contribution in [2.24, 2.45) is 0 Å². The maximum absolute atomic E-state index is 14.5. The molecule has 182 valence electrons. The highest BCUT2D eigenvalue weighted by atomic mass is 35.5. The van der Waals surface area contributed by atoms with Gasteiger partial charge in [0, 0.05) is 42.3 Å². The number of hydrazine groups is 1. The van der Waals surface area contributed by atoms with E-state index in [0.717, 1.165) is 11.6 Å². The number of carbonyl (C=O) groups excluding carboxylic acids is 3. The van der Waals surface area contributed by atoms with Crippen molar-refractivity contribution >= 4 is 29.4 Å². The Balaban J connectivity index is 1.63. The van der Waals surface area contributed by atoms with Crippen LogP contribution in [0.4, 0.5) is 18.0 Å². The first-order valence-electron chi connectivity index (χ1n) is 10.3. The number of nitrogens with zero attached hydrogens (tertiary/aromatic N) is 2. The SMILES string of the molecule is CN1CCN(C(=O)NCc2ccc(C(=O)NNC(=O)C(F)F)cc2F)C(c2cccc(Cl)c2)C1. The highest BCUT2D eigenvalue weighted by molar-refractivity contribution is 6.30. The van der Waals surface area contributed by atoms with Crippen molar-refractivity contribution in [1.29, 1.82) is 0 Å². The molecule has 0 aromatic heterocycles. The first kappa shape index (κ1) is 25.3. The van der Waals surface area contributed by atoms with Gasteiger partial charge in [0.05, 0.1) is 6.04 Å². The standard InChI is InChI=1S/C22H23ClF3N5O3/c1-30-7-8-31(18(12-30)13-3-2-4-16(23)9-13)22(34)27-11-15-6-5-14(10-17(15)24)20(32)28-29-21(33)19(25)26/h2-6,9-10,18-19H,7-8,11-12H2,1H3,(H,27,34)(H,28,32)(H,29,33). The number of piperazine rings is 1. The van der Waals surface area contributed by atoms with E-state index in [-0.39, 0.29) is 29.7 Å². The van der Waals surface area contributed by atoms with E-state index in [1.807, 2.05) is 19.2 Å². The normalized spacial score (nSPS) is 16.3. The van der Waals surface area contributed by atoms with Crippen molar-refractivity contribution in [3.63, 3.8) is 0 Å². The van der Waals surface area contributed by atoms with E-state index in [1.165, 1.54) is 17.6 Å². The molecule has 2 aromatic carbocycles. The molecule has 0 bridgehead atoms. The van der Waals surface area contributed by atoms with Gasteiger partial charge in [-0.2, -0.15) is 8.78 Å². The third-order valence-electron chi connectivity index (χ3n) is 5.32. The van der Waals surface area contributed by atoms with Gasteiger partial charge in [-0.15, -0.1) is 0 Å². The summed E-state index contributed by atoms with van der Waals surface area (Å²) in [4.78, 5) is 39.4. The van der Waals surface area contributed by atoms with Gasteiger partial charge < -0.3 is 15.1 Å². The molecule has 3 N–H and O–H groups in total. The van der Waals surface area contributed by atoms with Crippen molar-refractivity contribution < 1.29 is 27.6 Å². The highest BCUT2D eigenvalue weighted by Gasteiger charge is 2.30. The molecule has 1 aliphatic rings. The lowest BCUT2D eigenvalue weighted by Crippen LogP contribution is -2.52. The number of halogens is 4. The minimum absolute atomic E-state index is 0.120. The molecule has 8 nitrogen and oxygen atoms in total. The number of alkyl halides is 2. The molecule has 4 amide bonds. The summed E-state index contributed by atoms with van der Waals surface area (Å²) >= 11 is 6.11. The van der Waals surface area contributed by atoms with Crippen LogP contribution in [0.3, 0.4) is 0 Å². The number of likely N-dealkylation sites (N-methyl/N-ethyl adjacent to an activating group) is 1. The van der Waals surface area contributed by atoms with Crippen molar-refractivity contribution in [3.05, 3.63) is 70.0 Å². The van der Waals surface area contributed by atoms with E-state index in [2.05, 4.69) is 10.2 Å². The smallest absolute Gasteiger partial charge is 0.318 e. The fourth-order valence-corrected chi connectivity index (χ4v) is 3.71. The lowest BCUT2D eigenvalue weighted by molar-refractivity contribution is -0.132. The second-order valence-electron chi connectivity index (χ2n) is 7.74. The summed E-state index contributed by atoms with van der Waals surface area (Å²) < 4.78 is 38.8. The second kappa shape index (κ2) is 11.2. The summed E-state index contributed by atoms with van der Waals surface area (Å²) in [5, 5.41) is 3.26. The third kappa shape index (κ3) is 6.39. The number of urea groups is 1. The predicted molar refractivity (Wildman–Crippen MR) is 119 cm³/mol. The molecule has 1 saturated heterocycles. The van der Waals surface area contributed by atoms with Gasteiger partial charge in [-0.05, 0) is 36.9 Å². The Morgan fingerprint density at radius 1 is 1.12 bits per heavy atom. The van der Waals surface area contributed by atoms with Crippen molar-refractivity contribution in [3.8, 4) is 0 Å². The molecule has 0 saturated carbocycles. The summed E-state index contributed by atoms with van der Waals surface area (Å²) in [5.74, 6) is -3.43. The molecule has 34 heavy (non-hydrogen) atoms. The number of carbonyl (C=O) groups is 3. The Morgan fingerprint density at radius 3 is 2.56 bits per heavy atom. The monoisotopic (exact) mass is 497 g/mol. The molecule has 2 aromatic rings. The van der Waals surface area contributed by atoms with Crippen molar-refractivity contribution in [1.82, 2.24) is 26.0 Å². The number of benzene rings is 2. The van der Waals surface area contributed by atoms with Crippen molar-refractivity contribution in [2.45, 2.75) is 19.0 Å². The van der Waals surface area contributed by atoms with Crippen LogP contribution in [-0.2, 0) is 11.3 Å². The Bertz CT molecular complexity index is 1070. The lowest BCUT2D eigenvalue weighted by atomic mass is 10.0. The van der Waals surface area contributed by atoms with Crippen LogP contribution in [0, 0.1) is 5.82 Å². The van der Waals surface area contributed by atoms with Gasteiger partial charge in [-0.3, -0.25) is 20.4 Å². The summed E-state index contributed by atoms with van der Waals surface area (Å²) in [6, 6.07) is 10.1. The number of rotatable bonds is 5. The van der Waals surface area contributed by atoms with Crippen molar-refractivity contribution in [2.75, 3.05) is 26.7 Å². The zero-order chi connectivity index (χ0) is 24.8. The Morgan fingerprint density at radius 2 is 1.88 bits per heavy atom. The average molecular weight is 498 g/mol. The lowest BCUT2D eigenvalue weighted by Gasteiger charge is -2.40. The number of amides is 4. The minimum Gasteiger partial charge on any atom is -0.334 e. The number of hydrogen-bond acceptors (Lipinski definition) is 4. The number of nitrogens with one attached hydrogen (secondary N) is 3. The fraction of sp³-hybridized carbons (Fsp3) is 0.318. The summed E-state index contributed by atoms with van der Waals surface area (Å²) in [6.07, 6.45) is -3.30. The van der Waals surface area contributed by atoms with E-state index in [4.69, 9.17) is 11.6 Å². The Hall–Kier alpha value is -3.31. The first-order chi connectivity index (χ1) is 16.2. The van der Waals surface area contributed by atoms with Gasteiger partial charge >= 0.3 is 18.4 Å². The maximum Gasteiger partial charge on any atom is 0.318 e. The van der Waals surface area contributed by atoms with Gasteiger partial charge in [0.25, 0.3) is 5.91 Å². The Kier molecular flexibility index (Phi) is 8.35. The maximum atomic E-state index is 14.5. The van der Waals surface area contributed by atoms with Crippen LogP contribution in [0.15, 0.2) is 42.5 Å². The minimum atomic E-state index is -3.30. The van der Waals surface area contributed by atoms with E-state index < -0.39 is 24.1 Å². The molecule has 3 rings (SSSR count). The molecule has 1 heterocycles. The van der Waals surface area contributed by atoms with Gasteiger partial charge in [-0.1, -0.05) is 29.8 Å². The summed E-state index contributed by atoms with van der Waals surface area (Å²) in [7, 11) is 1.96. The van der Waals surface area contributed by atoms with E-state index in [9.17, 15) is 27.6 Å². The van der Waals surface area contributed by atoms with Crippen LogP contribution in [0.5, 0.6) is 0 Å². The van der Waals surface area contributed by atoms with E-state index in [1.54, 1.807) is 22.5 Å². The molecular weight excluding hydrogens is 475 g/mol. The topological polar surface area (TPSA) is 93.8 Å². The van der Waals surface area contributed by atoms with Crippen LogP contribution in [-0.4, -0.2) is 60.8 Å². The first-order valence-corrected chi connectivity index (χ1v) is 10.7. The van der Waals surface area contributed by atoms with E-state index in [0.29, 0.717) is 24.7 Å². The zero-order valence-electron chi connectivity index (χ0n) is 18.2. The zero-order valence-corrected chi connectivity index (χ0v) is 18.9. The molecule has 12 heteroatoms. The summed E-state index contributed by atoms with van der Waals surface area (Å²) in [6.45, 7) is 1.60. The molecule has 0 aliphatic carbocycles. The van der Waals surface area contributed by atoms with Crippen LogP contribution in [0.1, 0.15) is 27.5 Å². The largest absolute Gasteiger partial charge is 0.334 e. The molecular formula is C22H23ClF3N5O3. The predicted octanol–water partition coefficient (Wildman–Crippen LogP) is 2.70. The average Bonchev–Trinajstić information content (AvgIpc) is 2.81. The van der Waals surface area contributed by atoms with Gasteiger partial charge in [0.2, 0.25) is 0 Å². The van der Waals surface area contributed by atoms with E-state index >= 15 is 0 Å². The van der Waals surface area contributed by atoms with Gasteiger partial charge in [0.1, 0.15) is 5.82 Å². The van der Waals surface area contributed by atoms with Gasteiger partial charge in [0.15, 0.2) is 0 Å². The molecule has 0 radical (unpaired) electrons. The summed E-state index contributed by atoms with van der Waals surface area (Å²) in [5.41, 5.74) is 4.11. The molecule has 1 fully saturated rings.